The van der Waals surface area contributed by atoms with Gasteiger partial charge in [0.15, 0.2) is 0 Å². The number of hydrogen-bond acceptors (Lipinski definition) is 5. The van der Waals surface area contributed by atoms with Crippen molar-refractivity contribution in [1.29, 1.82) is 0 Å². The molecule has 1 aliphatic heterocycles. The number of aliphatic hydroxyl groups is 1. The lowest BCUT2D eigenvalue weighted by Gasteiger charge is -2.35. The van der Waals surface area contributed by atoms with Gasteiger partial charge in [0.1, 0.15) is 12.4 Å². The van der Waals surface area contributed by atoms with Gasteiger partial charge in [-0.2, -0.15) is 4.31 Å². The van der Waals surface area contributed by atoms with Crippen LogP contribution in [0.4, 0.5) is 0 Å². The summed E-state index contributed by atoms with van der Waals surface area (Å²) >= 11 is 0. The predicted molar refractivity (Wildman–Crippen MR) is 87.0 cm³/mol. The van der Waals surface area contributed by atoms with Gasteiger partial charge in [-0.3, -0.25) is 0 Å². The number of sulfonamides is 1. The Morgan fingerprint density at radius 1 is 1.26 bits per heavy atom. The van der Waals surface area contributed by atoms with Crippen molar-refractivity contribution in [2.45, 2.75) is 36.6 Å². The molecule has 0 aromatic heterocycles. The Morgan fingerprint density at radius 3 is 2.52 bits per heavy atom. The highest BCUT2D eigenvalue weighted by Crippen LogP contribution is 2.37. The average molecular weight is 343 g/mol. The van der Waals surface area contributed by atoms with Gasteiger partial charge >= 0.3 is 0 Å². The first-order valence-electron chi connectivity index (χ1n) is 7.85. The maximum absolute atomic E-state index is 12.9. The predicted octanol–water partition coefficient (Wildman–Crippen LogP) is 1.64. The Kier molecular flexibility index (Phi) is 6.02. The lowest BCUT2D eigenvalue weighted by molar-refractivity contribution is 0.117. The van der Waals surface area contributed by atoms with Crippen LogP contribution in [-0.2, 0) is 14.8 Å². The zero-order valence-corrected chi connectivity index (χ0v) is 14.5. The molecule has 1 N–H and O–H groups in total. The summed E-state index contributed by atoms with van der Waals surface area (Å²) in [7, 11) is -2.03. The van der Waals surface area contributed by atoms with E-state index in [0.29, 0.717) is 38.3 Å². The van der Waals surface area contributed by atoms with Crippen molar-refractivity contribution in [2.75, 3.05) is 33.5 Å². The molecule has 1 saturated heterocycles. The normalized spacial score (nSPS) is 22.4. The van der Waals surface area contributed by atoms with Gasteiger partial charge < -0.3 is 14.6 Å². The van der Waals surface area contributed by atoms with Gasteiger partial charge in [-0.15, -0.1) is 0 Å². The minimum Gasteiger partial charge on any atom is -0.491 e. The molecule has 0 saturated carbocycles. The summed E-state index contributed by atoms with van der Waals surface area (Å²) in [5.74, 6) is 0.603. The minimum atomic E-state index is -3.62. The van der Waals surface area contributed by atoms with Gasteiger partial charge in [0.2, 0.25) is 10.0 Å². The van der Waals surface area contributed by atoms with Gasteiger partial charge in [-0.1, -0.05) is 6.92 Å². The van der Waals surface area contributed by atoms with E-state index in [1.807, 2.05) is 6.92 Å². The van der Waals surface area contributed by atoms with Crippen LogP contribution >= 0.6 is 0 Å². The molecular weight excluding hydrogens is 318 g/mol. The monoisotopic (exact) mass is 343 g/mol. The van der Waals surface area contributed by atoms with Crippen LogP contribution in [0.15, 0.2) is 29.2 Å². The Labute approximate surface area is 138 Å². The molecule has 1 aromatic rings. The third-order valence-corrected chi connectivity index (χ3v) is 6.47. The zero-order valence-electron chi connectivity index (χ0n) is 13.7. The summed E-state index contributed by atoms with van der Waals surface area (Å²) in [6, 6.07) is 6.39. The van der Waals surface area contributed by atoms with E-state index < -0.39 is 15.6 Å². The van der Waals surface area contributed by atoms with Crippen LogP contribution in [0.2, 0.25) is 0 Å². The number of nitrogens with zero attached hydrogens (tertiary/aromatic N) is 1. The summed E-state index contributed by atoms with van der Waals surface area (Å²) in [6.45, 7) is 3.10. The smallest absolute Gasteiger partial charge is 0.243 e. The van der Waals surface area contributed by atoms with Crippen molar-refractivity contribution in [3.63, 3.8) is 0 Å². The Hall–Kier alpha value is -1.15. The van der Waals surface area contributed by atoms with E-state index in [0.717, 1.165) is 6.42 Å². The summed E-state index contributed by atoms with van der Waals surface area (Å²) in [6.07, 6.45) is 2.06. The highest BCUT2D eigenvalue weighted by molar-refractivity contribution is 7.89. The standard InChI is InChI=1S/C16H25NO5S/c1-3-16(13-18)9-4-10-17(16)23(19,20)15-7-5-14(6-8-15)22-12-11-21-2/h5-8,18H,3-4,9-13H2,1-2H3/t16-/m1/s1. The number of ether oxygens (including phenoxy) is 2. The zero-order chi connectivity index (χ0) is 16.9. The summed E-state index contributed by atoms with van der Waals surface area (Å²) in [5.41, 5.74) is -0.674. The van der Waals surface area contributed by atoms with E-state index in [4.69, 9.17) is 9.47 Å². The van der Waals surface area contributed by atoms with Crippen LogP contribution in [-0.4, -0.2) is 56.8 Å². The van der Waals surface area contributed by atoms with Gasteiger partial charge in [-0.25, -0.2) is 8.42 Å². The van der Waals surface area contributed by atoms with Crippen LogP contribution in [0.1, 0.15) is 26.2 Å². The second-order valence-corrected chi connectivity index (χ2v) is 7.59. The number of rotatable bonds is 8. The van der Waals surface area contributed by atoms with E-state index in [2.05, 4.69) is 0 Å². The summed E-state index contributed by atoms with van der Waals surface area (Å²) in [4.78, 5) is 0.227. The van der Waals surface area contributed by atoms with Crippen molar-refractivity contribution in [3.05, 3.63) is 24.3 Å². The molecule has 0 aliphatic carbocycles. The van der Waals surface area contributed by atoms with Gasteiger partial charge in [-0.05, 0) is 43.5 Å². The van der Waals surface area contributed by atoms with Gasteiger partial charge in [0.05, 0.1) is 23.6 Å². The first kappa shape index (κ1) is 18.2. The van der Waals surface area contributed by atoms with Crippen molar-refractivity contribution >= 4 is 10.0 Å². The Bertz CT molecular complexity index is 595. The molecule has 1 fully saturated rings. The molecule has 130 valence electrons. The van der Waals surface area contributed by atoms with Crippen molar-refractivity contribution in [1.82, 2.24) is 4.31 Å². The fraction of sp³-hybridized carbons (Fsp3) is 0.625. The highest BCUT2D eigenvalue weighted by atomic mass is 32.2. The molecule has 1 atom stereocenters. The molecule has 0 unspecified atom stereocenters. The molecule has 1 aromatic carbocycles. The van der Waals surface area contributed by atoms with E-state index in [-0.39, 0.29) is 11.5 Å². The fourth-order valence-electron chi connectivity index (χ4n) is 2.99. The van der Waals surface area contributed by atoms with Crippen LogP contribution in [0.5, 0.6) is 5.75 Å². The highest BCUT2D eigenvalue weighted by Gasteiger charge is 2.46. The van der Waals surface area contributed by atoms with Crippen LogP contribution in [0, 0.1) is 0 Å². The third kappa shape index (κ3) is 3.68. The summed E-state index contributed by atoms with van der Waals surface area (Å²) < 4.78 is 37.6. The molecule has 1 heterocycles. The SMILES string of the molecule is CC[C@]1(CO)CCCN1S(=O)(=O)c1ccc(OCCOC)cc1. The Balaban J connectivity index is 2.19. The largest absolute Gasteiger partial charge is 0.491 e. The fourth-order valence-corrected chi connectivity index (χ4v) is 4.88. The molecular formula is C16H25NO5S. The summed E-state index contributed by atoms with van der Waals surface area (Å²) in [5, 5.41) is 9.72. The van der Waals surface area contributed by atoms with Crippen molar-refractivity contribution in [3.8, 4) is 5.75 Å². The Morgan fingerprint density at radius 2 is 1.96 bits per heavy atom. The van der Waals surface area contributed by atoms with Crippen LogP contribution in [0.25, 0.3) is 0 Å². The topological polar surface area (TPSA) is 76.1 Å². The number of aliphatic hydroxyl groups excluding tert-OH is 1. The molecule has 7 heteroatoms. The van der Waals surface area contributed by atoms with Gasteiger partial charge in [0, 0.05) is 13.7 Å². The molecule has 2 rings (SSSR count). The second kappa shape index (κ2) is 7.61. The third-order valence-electron chi connectivity index (χ3n) is 4.45. The first-order valence-corrected chi connectivity index (χ1v) is 9.30. The lowest BCUT2D eigenvalue weighted by Crippen LogP contribution is -2.49. The molecule has 1 aliphatic rings. The van der Waals surface area contributed by atoms with Crippen LogP contribution < -0.4 is 4.74 Å². The number of hydrogen-bond donors (Lipinski definition) is 1. The number of benzene rings is 1. The van der Waals surface area contributed by atoms with Crippen molar-refractivity contribution in [2.24, 2.45) is 0 Å². The second-order valence-electron chi connectivity index (χ2n) is 5.73. The number of methoxy groups -OCH3 is 1. The molecule has 0 radical (unpaired) electrons. The van der Waals surface area contributed by atoms with E-state index in [1.54, 1.807) is 31.4 Å². The van der Waals surface area contributed by atoms with Crippen molar-refractivity contribution < 1.29 is 23.0 Å². The first-order chi connectivity index (χ1) is 11.0. The molecule has 23 heavy (non-hydrogen) atoms. The molecule has 0 amide bonds. The van der Waals surface area contributed by atoms with Gasteiger partial charge in [0.25, 0.3) is 0 Å². The molecule has 0 spiro atoms. The van der Waals surface area contributed by atoms with Crippen LogP contribution in [0.3, 0.4) is 0 Å². The average Bonchev–Trinajstić information content (AvgIpc) is 3.01. The quantitative estimate of drug-likeness (QED) is 0.726. The van der Waals surface area contributed by atoms with E-state index in [1.165, 1.54) is 4.31 Å². The van der Waals surface area contributed by atoms with E-state index in [9.17, 15) is 13.5 Å². The van der Waals surface area contributed by atoms with E-state index >= 15 is 0 Å². The molecule has 6 nitrogen and oxygen atoms in total. The lowest BCUT2D eigenvalue weighted by atomic mass is 9.96. The molecule has 0 bridgehead atoms. The maximum Gasteiger partial charge on any atom is 0.243 e. The maximum atomic E-state index is 12.9. The minimum absolute atomic E-state index is 0.152.